The van der Waals surface area contributed by atoms with E-state index in [9.17, 15) is 10.1 Å². The van der Waals surface area contributed by atoms with E-state index in [0.29, 0.717) is 43.4 Å². The van der Waals surface area contributed by atoms with Gasteiger partial charge in [0.15, 0.2) is 17.3 Å². The summed E-state index contributed by atoms with van der Waals surface area (Å²) >= 11 is 1.23. The van der Waals surface area contributed by atoms with Crippen LogP contribution in [0.4, 0.5) is 0 Å². The zero-order chi connectivity index (χ0) is 25.1. The van der Waals surface area contributed by atoms with Crippen molar-refractivity contribution in [2.45, 2.75) is 6.54 Å². The number of fused-ring (bicyclic) bond motifs is 1. The third-order valence-corrected chi connectivity index (χ3v) is 6.67. The fourth-order valence-corrected chi connectivity index (χ4v) is 5.01. The summed E-state index contributed by atoms with van der Waals surface area (Å²) in [6, 6.07) is 13.4. The highest BCUT2D eigenvalue weighted by Crippen LogP contribution is 2.38. The summed E-state index contributed by atoms with van der Waals surface area (Å²) in [5, 5.41) is 10.1. The molecule has 178 valence electrons. The highest BCUT2D eigenvalue weighted by molar-refractivity contribution is 7.07. The quantitative estimate of drug-likeness (QED) is 0.372. The Kier molecular flexibility index (Phi) is 6.75. The number of imidazole rings is 1. The lowest BCUT2D eigenvalue weighted by Crippen LogP contribution is -2.32. The molecule has 0 saturated heterocycles. The van der Waals surface area contributed by atoms with Crippen LogP contribution in [0.2, 0.25) is 0 Å². The molecule has 4 rings (SSSR count). The molecule has 35 heavy (non-hydrogen) atoms. The Morgan fingerprint density at radius 3 is 2.43 bits per heavy atom. The molecule has 0 N–H and O–H groups in total. The minimum absolute atomic E-state index is 0.231. The summed E-state index contributed by atoms with van der Waals surface area (Å²) in [6.07, 6.45) is 3.37. The standard InChI is InChI=1S/C26H24N4O4S/c1-6-11-30-25(31)22(14-16-12-20(32-3)23(34-5)21(13-16)33-4)35-26(30)17(15-27)24-28-18-9-7-8-10-19(18)29(24)2/h6-10,12-14H,1,11H2,2-5H3/b22-14+,26-17-. The average Bonchev–Trinajstić information content (AvgIpc) is 3.36. The van der Waals surface area contributed by atoms with Crippen LogP contribution in [0.25, 0.3) is 22.7 Å². The van der Waals surface area contributed by atoms with Gasteiger partial charge in [-0.05, 0) is 35.9 Å². The van der Waals surface area contributed by atoms with Crippen LogP contribution in [-0.2, 0) is 13.6 Å². The van der Waals surface area contributed by atoms with Crippen molar-refractivity contribution in [2.24, 2.45) is 7.05 Å². The lowest BCUT2D eigenvalue weighted by atomic mass is 10.1. The van der Waals surface area contributed by atoms with Gasteiger partial charge in [-0.3, -0.25) is 9.36 Å². The van der Waals surface area contributed by atoms with Gasteiger partial charge >= 0.3 is 0 Å². The largest absolute Gasteiger partial charge is 0.493 e. The van der Waals surface area contributed by atoms with Gasteiger partial charge < -0.3 is 18.8 Å². The number of hydrogen-bond donors (Lipinski definition) is 0. The molecule has 0 saturated carbocycles. The minimum Gasteiger partial charge on any atom is -0.493 e. The molecule has 0 spiro atoms. The number of ether oxygens (including phenoxy) is 3. The summed E-state index contributed by atoms with van der Waals surface area (Å²) in [6.45, 7) is 4.03. The van der Waals surface area contributed by atoms with Gasteiger partial charge in [0.05, 0.1) is 36.9 Å². The zero-order valence-electron chi connectivity index (χ0n) is 19.9. The van der Waals surface area contributed by atoms with Crippen molar-refractivity contribution in [3.05, 3.63) is 80.0 Å². The molecule has 0 atom stereocenters. The Labute approximate surface area is 205 Å². The second-order valence-corrected chi connectivity index (χ2v) is 8.58. The molecule has 2 aromatic carbocycles. The van der Waals surface area contributed by atoms with E-state index in [1.165, 1.54) is 32.7 Å². The van der Waals surface area contributed by atoms with E-state index in [1.54, 1.807) is 28.9 Å². The summed E-state index contributed by atoms with van der Waals surface area (Å²) in [5.41, 5.74) is 2.45. The van der Waals surface area contributed by atoms with Gasteiger partial charge in [-0.15, -0.1) is 17.9 Å². The number of hydrogen-bond acceptors (Lipinski definition) is 7. The molecular formula is C26H24N4O4S. The molecule has 0 amide bonds. The summed E-state index contributed by atoms with van der Waals surface area (Å²) in [4.78, 5) is 18.0. The smallest absolute Gasteiger partial charge is 0.269 e. The fourth-order valence-electron chi connectivity index (χ4n) is 3.90. The van der Waals surface area contributed by atoms with Crippen molar-refractivity contribution in [1.82, 2.24) is 14.1 Å². The van der Waals surface area contributed by atoms with Gasteiger partial charge in [-0.1, -0.05) is 18.2 Å². The second-order valence-electron chi connectivity index (χ2n) is 7.55. The van der Waals surface area contributed by atoms with Crippen molar-refractivity contribution in [3.8, 4) is 23.3 Å². The number of nitrogens with zero attached hydrogens (tertiary/aromatic N) is 4. The van der Waals surface area contributed by atoms with Crippen LogP contribution in [-0.4, -0.2) is 35.4 Å². The molecule has 8 nitrogen and oxygen atoms in total. The predicted octanol–water partition coefficient (Wildman–Crippen LogP) is 2.56. The molecule has 0 unspecified atom stereocenters. The van der Waals surface area contributed by atoms with E-state index in [2.05, 4.69) is 17.6 Å². The maximum absolute atomic E-state index is 13.4. The second kappa shape index (κ2) is 9.91. The first kappa shape index (κ1) is 23.9. The number of benzene rings is 2. The number of rotatable bonds is 7. The highest BCUT2D eigenvalue weighted by Gasteiger charge is 2.17. The third kappa shape index (κ3) is 4.20. The number of aryl methyl sites for hydroxylation is 1. The third-order valence-electron chi connectivity index (χ3n) is 5.54. The highest BCUT2D eigenvalue weighted by atomic mass is 32.1. The maximum Gasteiger partial charge on any atom is 0.269 e. The van der Waals surface area contributed by atoms with E-state index in [-0.39, 0.29) is 12.1 Å². The Hall–Kier alpha value is -4.29. The van der Waals surface area contributed by atoms with Gasteiger partial charge in [-0.2, -0.15) is 5.26 Å². The van der Waals surface area contributed by atoms with E-state index in [4.69, 9.17) is 14.2 Å². The molecule has 0 aliphatic carbocycles. The monoisotopic (exact) mass is 488 g/mol. The molecule has 2 heterocycles. The Bertz CT molecular complexity index is 1630. The summed E-state index contributed by atoms with van der Waals surface area (Å²) in [7, 11) is 6.46. The normalized spacial score (nSPS) is 12.4. The van der Waals surface area contributed by atoms with Crippen molar-refractivity contribution in [1.29, 1.82) is 5.26 Å². The zero-order valence-corrected chi connectivity index (χ0v) is 20.7. The van der Waals surface area contributed by atoms with Crippen molar-refractivity contribution >= 4 is 34.0 Å². The number of aromatic nitrogens is 3. The molecule has 0 bridgehead atoms. The molecule has 0 aliphatic rings. The topological polar surface area (TPSA) is 91.3 Å². The SMILES string of the molecule is C=CCn1c(=O)/c(=C\c2cc(OC)c(OC)c(OC)c2)s/c1=C(/C#N)c1nc2ccccc2n1C. The lowest BCUT2D eigenvalue weighted by molar-refractivity contribution is 0.324. The fraction of sp³-hybridized carbons (Fsp3) is 0.192. The van der Waals surface area contributed by atoms with Crippen molar-refractivity contribution in [3.63, 3.8) is 0 Å². The van der Waals surface area contributed by atoms with Crippen LogP contribution >= 0.6 is 11.3 Å². The van der Waals surface area contributed by atoms with Crippen molar-refractivity contribution < 1.29 is 14.2 Å². The van der Waals surface area contributed by atoms with Crippen LogP contribution in [0.15, 0.2) is 53.8 Å². The van der Waals surface area contributed by atoms with Crippen LogP contribution in [0.1, 0.15) is 11.4 Å². The Morgan fingerprint density at radius 1 is 1.17 bits per heavy atom. The number of methoxy groups -OCH3 is 3. The molecule has 4 aromatic rings. The van der Waals surface area contributed by atoms with E-state index >= 15 is 0 Å². The summed E-state index contributed by atoms with van der Waals surface area (Å²) in [5.74, 6) is 1.91. The first-order valence-corrected chi connectivity index (χ1v) is 11.5. The Morgan fingerprint density at radius 2 is 1.86 bits per heavy atom. The molecule has 0 radical (unpaired) electrons. The van der Waals surface area contributed by atoms with Crippen LogP contribution < -0.4 is 29.0 Å². The van der Waals surface area contributed by atoms with Gasteiger partial charge in [0, 0.05) is 13.6 Å². The number of nitriles is 1. The van der Waals surface area contributed by atoms with E-state index < -0.39 is 0 Å². The van der Waals surface area contributed by atoms with Gasteiger partial charge in [0.2, 0.25) is 5.75 Å². The average molecular weight is 489 g/mol. The van der Waals surface area contributed by atoms with Gasteiger partial charge in [0.1, 0.15) is 16.3 Å². The van der Waals surface area contributed by atoms with Crippen molar-refractivity contribution in [2.75, 3.05) is 21.3 Å². The molecule has 0 fully saturated rings. The first-order valence-electron chi connectivity index (χ1n) is 10.7. The Balaban J connectivity index is 2.03. The van der Waals surface area contributed by atoms with E-state index in [0.717, 1.165) is 11.0 Å². The number of para-hydroxylation sites is 2. The van der Waals surface area contributed by atoms with E-state index in [1.807, 2.05) is 35.9 Å². The molecule has 9 heteroatoms. The van der Waals surface area contributed by atoms with Crippen LogP contribution in [0.3, 0.4) is 0 Å². The maximum atomic E-state index is 13.4. The van der Waals surface area contributed by atoms with Gasteiger partial charge in [-0.25, -0.2) is 4.98 Å². The number of allylic oxidation sites excluding steroid dienone is 1. The first-order chi connectivity index (χ1) is 17.0. The van der Waals surface area contributed by atoms with Crippen LogP contribution in [0.5, 0.6) is 17.2 Å². The van der Waals surface area contributed by atoms with Crippen LogP contribution in [0, 0.1) is 11.3 Å². The molecule has 2 aromatic heterocycles. The molecule has 0 aliphatic heterocycles. The minimum atomic E-state index is -0.231. The lowest BCUT2D eigenvalue weighted by Gasteiger charge is -2.12. The summed E-state index contributed by atoms with van der Waals surface area (Å²) < 4.78 is 20.6. The van der Waals surface area contributed by atoms with Gasteiger partial charge in [0.25, 0.3) is 5.56 Å². The predicted molar refractivity (Wildman–Crippen MR) is 137 cm³/mol. The number of thiazole rings is 1. The molecular weight excluding hydrogens is 464 g/mol.